The topological polar surface area (TPSA) is 29.5 Å². The van der Waals surface area contributed by atoms with Crippen molar-refractivity contribution in [1.29, 1.82) is 0 Å². The summed E-state index contributed by atoms with van der Waals surface area (Å²) in [5.74, 6) is 0.957. The van der Waals surface area contributed by atoms with Crippen molar-refractivity contribution in [1.82, 2.24) is 0 Å². The van der Waals surface area contributed by atoms with Crippen LogP contribution in [0.3, 0.4) is 0 Å². The van der Waals surface area contributed by atoms with Gasteiger partial charge in [0.1, 0.15) is 0 Å². The summed E-state index contributed by atoms with van der Waals surface area (Å²) in [6, 6.07) is 0. The Morgan fingerprint density at radius 1 is 1.42 bits per heavy atom. The first-order valence-electron chi connectivity index (χ1n) is 4.32. The summed E-state index contributed by atoms with van der Waals surface area (Å²) in [5.41, 5.74) is -0.0387. The lowest BCUT2D eigenvalue weighted by atomic mass is 10.2. The molecular weight excluding hydrogens is 172 g/mol. The molecule has 1 N–H and O–H groups in total. The first-order valence-corrected chi connectivity index (χ1v) is 5.37. The summed E-state index contributed by atoms with van der Waals surface area (Å²) < 4.78 is 5.52. The molecule has 0 aromatic carbocycles. The van der Waals surface area contributed by atoms with Gasteiger partial charge in [0, 0.05) is 11.0 Å². The van der Waals surface area contributed by atoms with E-state index in [1.807, 2.05) is 27.7 Å². The van der Waals surface area contributed by atoms with Crippen molar-refractivity contribution in [3.63, 3.8) is 0 Å². The number of rotatable bonds is 5. The fourth-order valence-electron chi connectivity index (χ4n) is 0.650. The van der Waals surface area contributed by atoms with Crippen molar-refractivity contribution >= 4 is 11.8 Å². The van der Waals surface area contributed by atoms with Crippen LogP contribution in [0.25, 0.3) is 0 Å². The van der Waals surface area contributed by atoms with Crippen molar-refractivity contribution in [3.05, 3.63) is 0 Å². The second-order valence-electron chi connectivity index (χ2n) is 3.82. The minimum Gasteiger partial charge on any atom is -0.395 e. The highest BCUT2D eigenvalue weighted by atomic mass is 32.2. The average Bonchev–Trinajstić information content (AvgIpc) is 1.96. The van der Waals surface area contributed by atoms with Gasteiger partial charge < -0.3 is 9.84 Å². The lowest BCUT2D eigenvalue weighted by Gasteiger charge is -2.19. The van der Waals surface area contributed by atoms with Gasteiger partial charge in [-0.1, -0.05) is 6.92 Å². The molecule has 0 aliphatic heterocycles. The van der Waals surface area contributed by atoms with E-state index in [1.165, 1.54) is 0 Å². The highest BCUT2D eigenvalue weighted by Gasteiger charge is 2.09. The molecular formula is C9H20O2S. The molecule has 0 fully saturated rings. The Morgan fingerprint density at radius 2 is 2.00 bits per heavy atom. The van der Waals surface area contributed by atoms with E-state index in [9.17, 15) is 0 Å². The van der Waals surface area contributed by atoms with Gasteiger partial charge in [0.15, 0.2) is 0 Å². The summed E-state index contributed by atoms with van der Waals surface area (Å²) in [5, 5.41) is 9.06. The molecule has 0 saturated heterocycles. The predicted molar refractivity (Wildman–Crippen MR) is 54.7 cm³/mol. The van der Waals surface area contributed by atoms with Crippen LogP contribution in [0.15, 0.2) is 0 Å². The number of thioether (sulfide) groups is 1. The number of ether oxygens (including phenoxy) is 1. The maximum atomic E-state index is 8.73. The van der Waals surface area contributed by atoms with Crippen LogP contribution in [-0.4, -0.2) is 34.9 Å². The molecule has 0 aromatic heterocycles. The largest absolute Gasteiger partial charge is 0.395 e. The van der Waals surface area contributed by atoms with Crippen molar-refractivity contribution in [2.45, 2.75) is 38.5 Å². The van der Waals surface area contributed by atoms with E-state index in [0.717, 1.165) is 12.4 Å². The Balaban J connectivity index is 3.22. The first kappa shape index (κ1) is 12.3. The molecule has 0 heterocycles. The number of hydrogen-bond donors (Lipinski definition) is 1. The molecule has 2 nitrogen and oxygen atoms in total. The fraction of sp³-hybridized carbons (Fsp3) is 1.00. The van der Waals surface area contributed by atoms with Crippen molar-refractivity contribution in [3.8, 4) is 0 Å². The van der Waals surface area contributed by atoms with Crippen LogP contribution in [0.2, 0.25) is 0 Å². The van der Waals surface area contributed by atoms with Crippen LogP contribution in [0, 0.1) is 0 Å². The number of hydrogen-bond acceptors (Lipinski definition) is 3. The molecule has 0 rings (SSSR count). The second kappa shape index (κ2) is 5.84. The van der Waals surface area contributed by atoms with E-state index in [0.29, 0.717) is 5.25 Å². The SMILES string of the molecule is CC(CO)SCCOC(C)(C)C. The molecule has 0 aromatic rings. The first-order chi connectivity index (χ1) is 5.45. The van der Waals surface area contributed by atoms with E-state index < -0.39 is 0 Å². The monoisotopic (exact) mass is 192 g/mol. The van der Waals surface area contributed by atoms with Crippen LogP contribution in [0.1, 0.15) is 27.7 Å². The van der Waals surface area contributed by atoms with Gasteiger partial charge in [0.25, 0.3) is 0 Å². The van der Waals surface area contributed by atoms with E-state index in [1.54, 1.807) is 11.8 Å². The third-order valence-corrected chi connectivity index (χ3v) is 2.40. The Hall–Kier alpha value is 0.270. The standard InChI is InChI=1S/C9H20O2S/c1-8(7-10)12-6-5-11-9(2,3)4/h8,10H,5-7H2,1-4H3. The predicted octanol–water partition coefficient (Wildman–Crippen LogP) is 1.92. The van der Waals surface area contributed by atoms with Gasteiger partial charge in [-0.05, 0) is 20.8 Å². The minimum atomic E-state index is -0.0387. The third kappa shape index (κ3) is 8.37. The summed E-state index contributed by atoms with van der Waals surface area (Å²) in [4.78, 5) is 0. The van der Waals surface area contributed by atoms with Crippen LogP contribution >= 0.6 is 11.8 Å². The van der Waals surface area contributed by atoms with Gasteiger partial charge in [-0.15, -0.1) is 0 Å². The highest BCUT2D eigenvalue weighted by Crippen LogP contribution is 2.12. The van der Waals surface area contributed by atoms with Crippen LogP contribution in [-0.2, 0) is 4.74 Å². The number of aliphatic hydroxyl groups excluding tert-OH is 1. The molecule has 0 aliphatic carbocycles. The molecule has 0 saturated carbocycles. The molecule has 74 valence electrons. The maximum absolute atomic E-state index is 8.73. The van der Waals surface area contributed by atoms with Gasteiger partial charge >= 0.3 is 0 Å². The zero-order valence-electron chi connectivity index (χ0n) is 8.46. The highest BCUT2D eigenvalue weighted by molar-refractivity contribution is 7.99. The van der Waals surface area contributed by atoms with Gasteiger partial charge in [0.05, 0.1) is 18.8 Å². The molecule has 12 heavy (non-hydrogen) atoms. The molecule has 3 heteroatoms. The van der Waals surface area contributed by atoms with E-state index in [2.05, 4.69) is 0 Å². The molecule has 0 amide bonds. The van der Waals surface area contributed by atoms with E-state index >= 15 is 0 Å². The fourth-order valence-corrected chi connectivity index (χ4v) is 1.34. The summed E-state index contributed by atoms with van der Waals surface area (Å²) in [6.45, 7) is 9.17. The van der Waals surface area contributed by atoms with Gasteiger partial charge in [-0.2, -0.15) is 11.8 Å². The van der Waals surface area contributed by atoms with Crippen LogP contribution < -0.4 is 0 Å². The molecule has 0 radical (unpaired) electrons. The minimum absolute atomic E-state index is 0.0387. The van der Waals surface area contributed by atoms with E-state index in [4.69, 9.17) is 9.84 Å². The van der Waals surface area contributed by atoms with Gasteiger partial charge in [-0.3, -0.25) is 0 Å². The van der Waals surface area contributed by atoms with Crippen molar-refractivity contribution < 1.29 is 9.84 Å². The Kier molecular flexibility index (Phi) is 5.97. The third-order valence-electron chi connectivity index (χ3n) is 1.28. The van der Waals surface area contributed by atoms with Crippen LogP contribution in [0.5, 0.6) is 0 Å². The summed E-state index contributed by atoms with van der Waals surface area (Å²) in [7, 11) is 0. The quantitative estimate of drug-likeness (QED) is 0.675. The zero-order chi connectivity index (χ0) is 9.61. The molecule has 0 bridgehead atoms. The van der Waals surface area contributed by atoms with Gasteiger partial charge in [0.2, 0.25) is 0 Å². The lowest BCUT2D eigenvalue weighted by molar-refractivity contribution is 0.00691. The zero-order valence-corrected chi connectivity index (χ0v) is 9.28. The second-order valence-corrected chi connectivity index (χ2v) is 5.37. The van der Waals surface area contributed by atoms with Gasteiger partial charge in [-0.25, -0.2) is 0 Å². The van der Waals surface area contributed by atoms with Crippen molar-refractivity contribution in [2.24, 2.45) is 0 Å². The Morgan fingerprint density at radius 3 is 2.42 bits per heavy atom. The lowest BCUT2D eigenvalue weighted by Crippen LogP contribution is -2.21. The average molecular weight is 192 g/mol. The molecule has 0 spiro atoms. The Labute approximate surface area is 79.7 Å². The van der Waals surface area contributed by atoms with Crippen LogP contribution in [0.4, 0.5) is 0 Å². The van der Waals surface area contributed by atoms with Crippen molar-refractivity contribution in [2.75, 3.05) is 19.0 Å². The summed E-state index contributed by atoms with van der Waals surface area (Å²) >= 11 is 1.74. The summed E-state index contributed by atoms with van der Waals surface area (Å²) in [6.07, 6.45) is 0. The normalized spacial score (nSPS) is 14.8. The molecule has 1 unspecified atom stereocenters. The maximum Gasteiger partial charge on any atom is 0.0598 e. The number of aliphatic hydroxyl groups is 1. The van der Waals surface area contributed by atoms with E-state index in [-0.39, 0.29) is 12.2 Å². The molecule has 0 aliphatic rings. The smallest absolute Gasteiger partial charge is 0.0598 e. The molecule has 1 atom stereocenters. The Bertz CT molecular complexity index is 110.